The Balaban J connectivity index is 1.81. The van der Waals surface area contributed by atoms with Crippen LogP contribution in [-0.2, 0) is 14.8 Å². The zero-order valence-electron chi connectivity index (χ0n) is 10.6. The van der Waals surface area contributed by atoms with Crippen LogP contribution in [0.5, 0.6) is 0 Å². The minimum absolute atomic E-state index is 0.107. The minimum atomic E-state index is -3.26. The molecule has 0 bridgehead atoms. The van der Waals surface area contributed by atoms with Gasteiger partial charge >= 0.3 is 0 Å². The Labute approximate surface area is 105 Å². The van der Waals surface area contributed by atoms with Crippen LogP contribution in [0.15, 0.2) is 0 Å². The van der Waals surface area contributed by atoms with Crippen LogP contribution in [0.2, 0.25) is 0 Å². The molecule has 0 aromatic rings. The molecule has 0 saturated heterocycles. The Morgan fingerprint density at radius 1 is 1.06 bits per heavy atom. The second-order valence-corrected chi connectivity index (χ2v) is 6.74. The van der Waals surface area contributed by atoms with Gasteiger partial charge in [0.2, 0.25) is 10.0 Å². The highest BCUT2D eigenvalue weighted by molar-refractivity contribution is 7.89. The maximum absolute atomic E-state index is 10.7. The fraction of sp³-hybridized carbons (Fsp3) is 1.00. The molecule has 0 heterocycles. The van der Waals surface area contributed by atoms with E-state index in [0.29, 0.717) is 6.42 Å². The van der Waals surface area contributed by atoms with Crippen molar-refractivity contribution in [2.24, 2.45) is 11.1 Å². The van der Waals surface area contributed by atoms with Crippen LogP contribution in [-0.4, -0.2) is 27.4 Å². The molecular formula is C12H25NO3S. The molecule has 1 aliphatic carbocycles. The van der Waals surface area contributed by atoms with E-state index in [0.717, 1.165) is 38.4 Å². The summed E-state index contributed by atoms with van der Waals surface area (Å²) in [5, 5.41) is 4.92. The number of ether oxygens (including phenoxy) is 1. The normalized spacial score (nSPS) is 17.7. The molecule has 0 unspecified atom stereocenters. The molecule has 0 amide bonds. The maximum Gasteiger partial charge on any atom is 0.209 e. The molecular weight excluding hydrogens is 238 g/mol. The van der Waals surface area contributed by atoms with Crippen LogP contribution in [0.3, 0.4) is 0 Å². The van der Waals surface area contributed by atoms with E-state index in [1.165, 1.54) is 25.7 Å². The van der Waals surface area contributed by atoms with Crippen molar-refractivity contribution in [2.45, 2.75) is 51.4 Å². The van der Waals surface area contributed by atoms with Crippen LogP contribution in [0, 0.1) is 5.92 Å². The fourth-order valence-electron chi connectivity index (χ4n) is 2.29. The van der Waals surface area contributed by atoms with Crippen molar-refractivity contribution in [3.63, 3.8) is 0 Å². The standard InChI is InChI=1S/C12H25NO3S/c13-17(14,15)10-6-2-1-5-9-16-11-12-7-3-4-8-12/h12H,1-11H2,(H2,13,14,15). The number of primary sulfonamides is 1. The number of nitrogens with two attached hydrogens (primary N) is 1. The van der Waals surface area contributed by atoms with E-state index in [-0.39, 0.29) is 5.75 Å². The van der Waals surface area contributed by atoms with E-state index in [2.05, 4.69) is 0 Å². The number of hydrogen-bond donors (Lipinski definition) is 1. The van der Waals surface area contributed by atoms with E-state index in [1.807, 2.05) is 0 Å². The first-order valence-corrected chi connectivity index (χ1v) is 8.38. The average Bonchev–Trinajstić information content (AvgIpc) is 2.73. The third kappa shape index (κ3) is 8.57. The summed E-state index contributed by atoms with van der Waals surface area (Å²) in [6.07, 6.45) is 9.02. The molecule has 0 radical (unpaired) electrons. The SMILES string of the molecule is NS(=O)(=O)CCCCCCOCC1CCCC1. The number of rotatable bonds is 9. The summed E-state index contributed by atoms with van der Waals surface area (Å²) in [4.78, 5) is 0. The average molecular weight is 263 g/mol. The molecule has 0 aliphatic heterocycles. The van der Waals surface area contributed by atoms with Gasteiger partial charge in [0.05, 0.1) is 5.75 Å². The van der Waals surface area contributed by atoms with E-state index < -0.39 is 10.0 Å². The van der Waals surface area contributed by atoms with Crippen molar-refractivity contribution in [3.8, 4) is 0 Å². The predicted octanol–water partition coefficient (Wildman–Crippen LogP) is 2.04. The van der Waals surface area contributed by atoms with Gasteiger partial charge in [0.25, 0.3) is 0 Å². The minimum Gasteiger partial charge on any atom is -0.381 e. The third-order valence-corrected chi connectivity index (χ3v) is 4.15. The monoisotopic (exact) mass is 263 g/mol. The molecule has 2 N–H and O–H groups in total. The Kier molecular flexibility index (Phi) is 7.08. The van der Waals surface area contributed by atoms with Crippen molar-refractivity contribution in [1.29, 1.82) is 0 Å². The molecule has 1 saturated carbocycles. The van der Waals surface area contributed by atoms with Gasteiger partial charge in [-0.3, -0.25) is 0 Å². The number of sulfonamides is 1. The molecule has 5 heteroatoms. The summed E-state index contributed by atoms with van der Waals surface area (Å²) >= 11 is 0. The molecule has 0 aromatic carbocycles. The predicted molar refractivity (Wildman–Crippen MR) is 69.2 cm³/mol. The summed E-state index contributed by atoms with van der Waals surface area (Å²) in [5.74, 6) is 0.896. The van der Waals surface area contributed by atoms with E-state index in [4.69, 9.17) is 9.88 Å². The van der Waals surface area contributed by atoms with Gasteiger partial charge in [0.15, 0.2) is 0 Å². The van der Waals surface area contributed by atoms with E-state index in [1.54, 1.807) is 0 Å². The molecule has 0 atom stereocenters. The molecule has 0 spiro atoms. The Morgan fingerprint density at radius 2 is 1.71 bits per heavy atom. The van der Waals surface area contributed by atoms with Gasteiger partial charge in [0.1, 0.15) is 0 Å². The summed E-state index contributed by atoms with van der Waals surface area (Å²) in [5.41, 5.74) is 0. The van der Waals surface area contributed by atoms with Crippen LogP contribution >= 0.6 is 0 Å². The zero-order valence-corrected chi connectivity index (χ0v) is 11.4. The van der Waals surface area contributed by atoms with Gasteiger partial charge in [-0.2, -0.15) is 0 Å². The lowest BCUT2D eigenvalue weighted by molar-refractivity contribution is 0.0979. The summed E-state index contributed by atoms with van der Waals surface area (Å²) in [6.45, 7) is 1.73. The highest BCUT2D eigenvalue weighted by atomic mass is 32.2. The highest BCUT2D eigenvalue weighted by Crippen LogP contribution is 2.24. The van der Waals surface area contributed by atoms with Gasteiger partial charge in [-0.25, -0.2) is 13.6 Å². The van der Waals surface area contributed by atoms with Crippen LogP contribution in [0.25, 0.3) is 0 Å². The third-order valence-electron chi connectivity index (χ3n) is 3.30. The topological polar surface area (TPSA) is 69.4 Å². The molecule has 0 aromatic heterocycles. The molecule has 17 heavy (non-hydrogen) atoms. The highest BCUT2D eigenvalue weighted by Gasteiger charge is 2.14. The van der Waals surface area contributed by atoms with Crippen molar-refractivity contribution in [2.75, 3.05) is 19.0 Å². The van der Waals surface area contributed by atoms with Gasteiger partial charge in [-0.05, 0) is 31.6 Å². The molecule has 1 fully saturated rings. The van der Waals surface area contributed by atoms with Crippen LogP contribution in [0.4, 0.5) is 0 Å². The second-order valence-electron chi connectivity index (χ2n) is 5.01. The lowest BCUT2D eigenvalue weighted by Gasteiger charge is -2.09. The zero-order chi connectivity index (χ0) is 12.6. The van der Waals surface area contributed by atoms with E-state index >= 15 is 0 Å². The van der Waals surface area contributed by atoms with Gasteiger partial charge < -0.3 is 4.74 Å². The summed E-state index contributed by atoms with van der Waals surface area (Å²) < 4.78 is 27.0. The summed E-state index contributed by atoms with van der Waals surface area (Å²) in [7, 11) is -3.26. The Morgan fingerprint density at radius 3 is 2.35 bits per heavy atom. The quantitative estimate of drug-likeness (QED) is 0.647. The first-order valence-electron chi connectivity index (χ1n) is 6.66. The van der Waals surface area contributed by atoms with E-state index in [9.17, 15) is 8.42 Å². The van der Waals surface area contributed by atoms with Crippen molar-refractivity contribution >= 4 is 10.0 Å². The Bertz CT molecular complexity index is 284. The first kappa shape index (κ1) is 14.9. The summed E-state index contributed by atoms with van der Waals surface area (Å²) in [6, 6.07) is 0. The molecule has 1 aliphatic rings. The second kappa shape index (κ2) is 8.06. The fourth-order valence-corrected chi connectivity index (χ4v) is 2.89. The smallest absolute Gasteiger partial charge is 0.209 e. The van der Waals surface area contributed by atoms with Crippen LogP contribution < -0.4 is 5.14 Å². The molecule has 4 nitrogen and oxygen atoms in total. The number of unbranched alkanes of at least 4 members (excludes halogenated alkanes) is 3. The molecule has 102 valence electrons. The van der Waals surface area contributed by atoms with Crippen molar-refractivity contribution < 1.29 is 13.2 Å². The van der Waals surface area contributed by atoms with Gasteiger partial charge in [-0.1, -0.05) is 25.7 Å². The van der Waals surface area contributed by atoms with Gasteiger partial charge in [-0.15, -0.1) is 0 Å². The lowest BCUT2D eigenvalue weighted by atomic mass is 10.1. The van der Waals surface area contributed by atoms with Crippen molar-refractivity contribution in [3.05, 3.63) is 0 Å². The Hall–Kier alpha value is -0.130. The van der Waals surface area contributed by atoms with Gasteiger partial charge in [0, 0.05) is 13.2 Å². The lowest BCUT2D eigenvalue weighted by Crippen LogP contribution is -2.16. The first-order chi connectivity index (χ1) is 8.08. The van der Waals surface area contributed by atoms with Crippen molar-refractivity contribution in [1.82, 2.24) is 0 Å². The largest absolute Gasteiger partial charge is 0.381 e. The molecule has 1 rings (SSSR count). The maximum atomic E-state index is 10.7. The van der Waals surface area contributed by atoms with Crippen LogP contribution in [0.1, 0.15) is 51.4 Å². The number of hydrogen-bond acceptors (Lipinski definition) is 3.